The van der Waals surface area contributed by atoms with Crippen LogP contribution in [-0.4, -0.2) is 19.1 Å². The zero-order valence-electron chi connectivity index (χ0n) is 16.0. The lowest BCUT2D eigenvalue weighted by Gasteiger charge is -2.14. The smallest absolute Gasteiger partial charge is 0.255 e. The molecule has 0 radical (unpaired) electrons. The molecule has 6 heteroatoms. The summed E-state index contributed by atoms with van der Waals surface area (Å²) in [7, 11) is 0. The number of carbonyl (C=O) groups excluding carboxylic acids is 1. The number of carbonyl (C=O) groups is 1. The Morgan fingerprint density at radius 3 is 2.19 bits per heavy atom. The zero-order chi connectivity index (χ0) is 19.9. The third-order valence-corrected chi connectivity index (χ3v) is 3.76. The van der Waals surface area contributed by atoms with Gasteiger partial charge in [0.25, 0.3) is 5.91 Å². The van der Waals surface area contributed by atoms with E-state index in [1.54, 1.807) is 12.1 Å². The van der Waals surface area contributed by atoms with Gasteiger partial charge in [-0.25, -0.2) is 0 Å². The molecule has 0 fully saturated rings. The van der Waals surface area contributed by atoms with Crippen molar-refractivity contribution in [1.29, 1.82) is 10.8 Å². The van der Waals surface area contributed by atoms with Crippen LogP contribution in [0.15, 0.2) is 48.5 Å². The van der Waals surface area contributed by atoms with Crippen LogP contribution in [0.1, 0.15) is 49.9 Å². The molecule has 0 bridgehead atoms. The monoisotopic (exact) mass is 369 g/mol. The maximum absolute atomic E-state index is 12.5. The number of rotatable bonds is 10. The average molecular weight is 369 g/mol. The van der Waals surface area contributed by atoms with Crippen LogP contribution in [0.3, 0.4) is 0 Å². The van der Waals surface area contributed by atoms with Crippen LogP contribution in [0, 0.1) is 10.8 Å². The second-order valence-electron chi connectivity index (χ2n) is 5.88. The predicted octanol–water partition coefficient (Wildman–Crippen LogP) is 5.33. The van der Waals surface area contributed by atoms with Gasteiger partial charge in [0.2, 0.25) is 0 Å². The summed E-state index contributed by atoms with van der Waals surface area (Å²) in [6, 6.07) is 14.7. The van der Waals surface area contributed by atoms with Gasteiger partial charge in [-0.05, 0) is 37.1 Å². The Morgan fingerprint density at radius 2 is 1.56 bits per heavy atom. The summed E-state index contributed by atoms with van der Waals surface area (Å²) in [6.45, 7) is 5.53. The van der Waals surface area contributed by atoms with Gasteiger partial charge in [-0.3, -0.25) is 4.79 Å². The van der Waals surface area contributed by atoms with Crippen molar-refractivity contribution in [2.45, 2.75) is 39.5 Å². The molecule has 2 aromatic rings. The summed E-state index contributed by atoms with van der Waals surface area (Å²) >= 11 is 0. The van der Waals surface area contributed by atoms with E-state index in [2.05, 4.69) is 19.2 Å². The quantitative estimate of drug-likeness (QED) is 0.451. The van der Waals surface area contributed by atoms with Gasteiger partial charge in [0, 0.05) is 22.4 Å². The highest BCUT2D eigenvalue weighted by molar-refractivity contribution is 6.05. The van der Waals surface area contributed by atoms with Crippen molar-refractivity contribution in [3.63, 3.8) is 0 Å². The highest BCUT2D eigenvalue weighted by Crippen LogP contribution is 2.30. The lowest BCUT2D eigenvalue weighted by atomic mass is 10.2. The highest BCUT2D eigenvalue weighted by Gasteiger charge is 2.11. The number of amides is 1. The number of benzene rings is 2. The first-order chi connectivity index (χ1) is 13.2. The van der Waals surface area contributed by atoms with Crippen LogP contribution < -0.4 is 14.8 Å². The molecule has 6 nitrogen and oxygen atoms in total. The Labute approximate surface area is 160 Å². The number of ether oxygens (including phenoxy) is 2. The fraction of sp³-hybridized carbons (Fsp3) is 0.381. The summed E-state index contributed by atoms with van der Waals surface area (Å²) in [5.74, 6) is 1.24. The number of nitrogens with one attached hydrogen (secondary N) is 1. The standard InChI is InChI=1S/C21H27NO3.N2/c1-3-5-14-24-18-12-13-20(25-15-6-4-2)19(16-18)22-21(23)17-10-8-7-9-11-17;1-2/h7-13,16H,3-6,14-15H2,1-2H3,(H,22,23);. The molecule has 0 atom stereocenters. The van der Waals surface area contributed by atoms with Crippen LogP contribution in [0.4, 0.5) is 5.69 Å². The Balaban J connectivity index is 0.00000176. The molecule has 2 aromatic carbocycles. The molecule has 0 saturated heterocycles. The Hall–Kier alpha value is -3.07. The maximum Gasteiger partial charge on any atom is 0.255 e. The van der Waals surface area contributed by atoms with E-state index in [-0.39, 0.29) is 5.91 Å². The van der Waals surface area contributed by atoms with Gasteiger partial charge in [0.05, 0.1) is 18.9 Å². The molecular weight excluding hydrogens is 342 g/mol. The Bertz CT molecular complexity index is 702. The van der Waals surface area contributed by atoms with E-state index in [0.717, 1.165) is 31.4 Å². The van der Waals surface area contributed by atoms with Gasteiger partial charge in [-0.15, -0.1) is 0 Å². The summed E-state index contributed by atoms with van der Waals surface area (Å²) < 4.78 is 11.6. The van der Waals surface area contributed by atoms with Gasteiger partial charge in [-0.1, -0.05) is 44.9 Å². The maximum atomic E-state index is 12.5. The number of hydrogen-bond acceptors (Lipinski definition) is 5. The van der Waals surface area contributed by atoms with Crippen molar-refractivity contribution in [1.82, 2.24) is 0 Å². The van der Waals surface area contributed by atoms with Crippen molar-refractivity contribution in [2.75, 3.05) is 18.5 Å². The van der Waals surface area contributed by atoms with Crippen LogP contribution in [0.25, 0.3) is 0 Å². The molecule has 0 saturated carbocycles. The minimum Gasteiger partial charge on any atom is -0.494 e. The summed E-state index contributed by atoms with van der Waals surface area (Å²) in [5, 5.41) is 14.9. The van der Waals surface area contributed by atoms with Crippen LogP contribution >= 0.6 is 0 Å². The van der Waals surface area contributed by atoms with Crippen molar-refractivity contribution in [3.8, 4) is 11.5 Å². The second kappa shape index (κ2) is 13.2. The zero-order valence-corrected chi connectivity index (χ0v) is 16.0. The van der Waals surface area contributed by atoms with E-state index >= 15 is 0 Å². The molecule has 0 aliphatic rings. The van der Waals surface area contributed by atoms with Crippen LogP contribution in [-0.2, 0) is 0 Å². The van der Waals surface area contributed by atoms with Crippen molar-refractivity contribution >= 4 is 11.6 Å². The average Bonchev–Trinajstić information content (AvgIpc) is 2.72. The van der Waals surface area contributed by atoms with Crippen molar-refractivity contribution in [2.24, 2.45) is 0 Å². The predicted molar refractivity (Wildman–Crippen MR) is 105 cm³/mol. The molecule has 0 aliphatic heterocycles. The van der Waals surface area contributed by atoms with Gasteiger partial charge < -0.3 is 14.8 Å². The highest BCUT2D eigenvalue weighted by atomic mass is 16.5. The molecule has 144 valence electrons. The molecule has 0 unspecified atom stereocenters. The fourth-order valence-corrected chi connectivity index (χ4v) is 2.27. The molecule has 0 aromatic heterocycles. The van der Waals surface area contributed by atoms with E-state index in [1.807, 2.05) is 36.4 Å². The number of unbranched alkanes of at least 4 members (excludes halogenated alkanes) is 2. The van der Waals surface area contributed by atoms with E-state index < -0.39 is 0 Å². The number of anilines is 1. The van der Waals surface area contributed by atoms with Crippen molar-refractivity contribution < 1.29 is 14.3 Å². The summed E-state index contributed by atoms with van der Waals surface area (Å²) in [5.41, 5.74) is 1.25. The fourth-order valence-electron chi connectivity index (χ4n) is 2.27. The van der Waals surface area contributed by atoms with Crippen molar-refractivity contribution in [3.05, 3.63) is 54.1 Å². The molecule has 0 heterocycles. The normalized spacial score (nSPS) is 9.63. The van der Waals surface area contributed by atoms with Gasteiger partial charge >= 0.3 is 0 Å². The van der Waals surface area contributed by atoms with Gasteiger partial charge in [-0.2, -0.15) is 0 Å². The van der Waals surface area contributed by atoms with E-state index in [9.17, 15) is 4.79 Å². The third kappa shape index (κ3) is 7.78. The lowest BCUT2D eigenvalue weighted by molar-refractivity contribution is 0.102. The van der Waals surface area contributed by atoms with Crippen LogP contribution in [0.2, 0.25) is 0 Å². The minimum absolute atomic E-state index is 0.161. The Morgan fingerprint density at radius 1 is 0.926 bits per heavy atom. The molecule has 0 spiro atoms. The molecule has 1 N–H and O–H groups in total. The molecule has 0 aliphatic carbocycles. The third-order valence-electron chi connectivity index (χ3n) is 3.76. The number of nitrogens with zero attached hydrogens (tertiary/aromatic N) is 2. The molecule has 1 amide bonds. The van der Waals surface area contributed by atoms with E-state index in [1.165, 1.54) is 0 Å². The number of hydrogen-bond donors (Lipinski definition) is 1. The topological polar surface area (TPSA) is 95.1 Å². The second-order valence-corrected chi connectivity index (χ2v) is 5.88. The minimum atomic E-state index is -0.161. The SMILES string of the molecule is CCCCOc1ccc(OCCCC)c(NC(=O)c2ccccc2)c1.N#N. The first kappa shape index (κ1) is 22.0. The van der Waals surface area contributed by atoms with E-state index in [0.29, 0.717) is 30.2 Å². The lowest BCUT2D eigenvalue weighted by Crippen LogP contribution is -2.13. The molecular formula is C21H27N3O3. The molecule has 27 heavy (non-hydrogen) atoms. The summed E-state index contributed by atoms with van der Waals surface area (Å²) in [6.07, 6.45) is 4.11. The largest absolute Gasteiger partial charge is 0.494 e. The molecule has 2 rings (SSSR count). The first-order valence-corrected chi connectivity index (χ1v) is 9.20. The summed E-state index contributed by atoms with van der Waals surface area (Å²) in [4.78, 5) is 12.5. The first-order valence-electron chi connectivity index (χ1n) is 9.20. The van der Waals surface area contributed by atoms with Gasteiger partial charge in [0.15, 0.2) is 0 Å². The van der Waals surface area contributed by atoms with Crippen LogP contribution in [0.5, 0.6) is 11.5 Å². The van der Waals surface area contributed by atoms with Gasteiger partial charge in [0.1, 0.15) is 11.5 Å². The Kier molecular flexibility index (Phi) is 10.7. The van der Waals surface area contributed by atoms with E-state index in [4.69, 9.17) is 20.3 Å².